The highest BCUT2D eigenvalue weighted by Gasteiger charge is 2.60. The fourth-order valence-electron chi connectivity index (χ4n) is 2.64. The van der Waals surface area contributed by atoms with Gasteiger partial charge in [-0.25, -0.2) is 19.2 Å². The van der Waals surface area contributed by atoms with Gasteiger partial charge in [-0.3, -0.25) is 9.88 Å². The largest absolute Gasteiger partial charge is 0.460 e. The SMILES string of the molecule is C=C(C)C(=O)OCC(=O)OC[C@H]1O[C@@H](n2ccc(NC(=O)OC(C)(C)C)nc2=O)C(F)(F)C1O. The molecular formula is C20H25F2N3O9. The monoisotopic (exact) mass is 489 g/mol. The molecule has 0 aliphatic carbocycles. The third-order valence-corrected chi connectivity index (χ3v) is 4.17. The average molecular weight is 489 g/mol. The van der Waals surface area contributed by atoms with Gasteiger partial charge in [-0.05, 0) is 33.8 Å². The smallest absolute Gasteiger partial charge is 0.413 e. The number of aromatic nitrogens is 2. The molecule has 1 aliphatic heterocycles. The maximum Gasteiger partial charge on any atom is 0.413 e. The number of aliphatic hydroxyl groups excluding tert-OH is 1. The Hall–Kier alpha value is -3.39. The highest BCUT2D eigenvalue weighted by Crippen LogP contribution is 2.42. The van der Waals surface area contributed by atoms with Crippen LogP contribution < -0.4 is 11.0 Å². The number of hydrogen-bond donors (Lipinski definition) is 2. The predicted molar refractivity (Wildman–Crippen MR) is 110 cm³/mol. The van der Waals surface area contributed by atoms with E-state index in [9.17, 15) is 33.1 Å². The first-order valence-electron chi connectivity index (χ1n) is 9.90. The minimum absolute atomic E-state index is 0.0381. The normalized spacial score (nSPS) is 21.4. The summed E-state index contributed by atoms with van der Waals surface area (Å²) in [5, 5.41) is 12.1. The highest BCUT2D eigenvalue weighted by atomic mass is 19.3. The molecule has 1 fully saturated rings. The molecule has 3 atom stereocenters. The van der Waals surface area contributed by atoms with Crippen molar-refractivity contribution in [3.05, 3.63) is 34.9 Å². The fraction of sp³-hybridized carbons (Fsp3) is 0.550. The Morgan fingerprint density at radius 3 is 2.53 bits per heavy atom. The van der Waals surface area contributed by atoms with E-state index in [1.807, 2.05) is 0 Å². The number of anilines is 1. The summed E-state index contributed by atoms with van der Waals surface area (Å²) in [7, 11) is 0. The number of carbonyl (C=O) groups excluding carboxylic acids is 3. The number of nitrogens with zero attached hydrogens (tertiary/aromatic N) is 2. The number of aliphatic hydroxyl groups is 1. The predicted octanol–water partition coefficient (Wildman–Crippen LogP) is 1.15. The quantitative estimate of drug-likeness (QED) is 0.324. The number of nitrogens with one attached hydrogen (secondary N) is 1. The summed E-state index contributed by atoms with van der Waals surface area (Å²) in [5.74, 6) is -6.15. The first kappa shape index (κ1) is 26.9. The fourth-order valence-corrected chi connectivity index (χ4v) is 2.64. The van der Waals surface area contributed by atoms with Crippen molar-refractivity contribution >= 4 is 23.8 Å². The molecule has 1 saturated heterocycles. The van der Waals surface area contributed by atoms with Crippen LogP contribution in [0.15, 0.2) is 29.2 Å². The lowest BCUT2D eigenvalue weighted by Crippen LogP contribution is -2.42. The molecule has 34 heavy (non-hydrogen) atoms. The Kier molecular flexibility index (Phi) is 8.10. The summed E-state index contributed by atoms with van der Waals surface area (Å²) in [6.07, 6.45) is -6.44. The van der Waals surface area contributed by atoms with Crippen molar-refractivity contribution in [2.24, 2.45) is 0 Å². The van der Waals surface area contributed by atoms with Crippen molar-refractivity contribution in [3.8, 4) is 0 Å². The average Bonchev–Trinajstić information content (AvgIpc) is 2.92. The topological polar surface area (TPSA) is 155 Å². The van der Waals surface area contributed by atoms with Crippen LogP contribution in [0.1, 0.15) is 33.9 Å². The van der Waals surface area contributed by atoms with Crippen LogP contribution in [-0.2, 0) is 28.5 Å². The lowest BCUT2D eigenvalue weighted by atomic mass is 10.1. The zero-order valence-electron chi connectivity index (χ0n) is 18.9. The molecule has 1 amide bonds. The summed E-state index contributed by atoms with van der Waals surface area (Å²) >= 11 is 0. The molecular weight excluding hydrogens is 464 g/mol. The molecule has 0 radical (unpaired) electrons. The van der Waals surface area contributed by atoms with Crippen molar-refractivity contribution in [2.75, 3.05) is 18.5 Å². The van der Waals surface area contributed by atoms with Crippen molar-refractivity contribution in [1.82, 2.24) is 9.55 Å². The van der Waals surface area contributed by atoms with Gasteiger partial charge < -0.3 is 24.1 Å². The third-order valence-electron chi connectivity index (χ3n) is 4.17. The van der Waals surface area contributed by atoms with Gasteiger partial charge >= 0.3 is 29.6 Å². The van der Waals surface area contributed by atoms with E-state index >= 15 is 0 Å². The number of amides is 1. The van der Waals surface area contributed by atoms with Gasteiger partial charge in [0.1, 0.15) is 24.1 Å². The van der Waals surface area contributed by atoms with Gasteiger partial charge in [-0.2, -0.15) is 13.8 Å². The molecule has 188 valence electrons. The number of alkyl halides is 2. The summed E-state index contributed by atoms with van der Waals surface area (Å²) < 4.78 is 49.0. The zero-order chi connectivity index (χ0) is 25.8. The molecule has 1 unspecified atom stereocenters. The maximum absolute atomic E-state index is 14.6. The van der Waals surface area contributed by atoms with Gasteiger partial charge in [0, 0.05) is 11.8 Å². The van der Waals surface area contributed by atoms with E-state index in [2.05, 4.69) is 21.6 Å². The molecule has 1 aromatic rings. The standard InChI is InChI=1S/C20H25F2N3O9/c1-10(2)15(28)32-9-13(26)31-8-11-14(27)20(21,22)16(33-11)25-7-6-12(23-17(25)29)24-18(30)34-19(3,4)5/h6-7,11,14,16,27H,1,8-9H2,2-5H3,(H,23,24,29,30)/t11-,14?,16-/m1/s1. The van der Waals surface area contributed by atoms with E-state index < -0.39 is 66.9 Å². The summed E-state index contributed by atoms with van der Waals surface area (Å²) in [6.45, 7) is 7.92. The Morgan fingerprint density at radius 2 is 1.97 bits per heavy atom. The molecule has 1 aliphatic rings. The summed E-state index contributed by atoms with van der Waals surface area (Å²) in [6, 6.07) is 1.06. The van der Waals surface area contributed by atoms with Gasteiger partial charge in [-0.15, -0.1) is 0 Å². The molecule has 2 heterocycles. The molecule has 1 aromatic heterocycles. The van der Waals surface area contributed by atoms with Crippen LogP contribution in [-0.4, -0.2) is 69.6 Å². The van der Waals surface area contributed by atoms with Gasteiger partial charge in [0.15, 0.2) is 12.7 Å². The van der Waals surface area contributed by atoms with E-state index in [-0.39, 0.29) is 11.4 Å². The van der Waals surface area contributed by atoms with Crippen molar-refractivity contribution in [3.63, 3.8) is 0 Å². The van der Waals surface area contributed by atoms with Gasteiger partial charge in [0.25, 0.3) is 0 Å². The minimum atomic E-state index is -3.96. The number of rotatable bonds is 7. The highest BCUT2D eigenvalue weighted by molar-refractivity contribution is 5.88. The van der Waals surface area contributed by atoms with Crippen LogP contribution in [0, 0.1) is 0 Å². The zero-order valence-corrected chi connectivity index (χ0v) is 18.9. The third kappa shape index (κ3) is 6.81. The molecule has 12 nitrogen and oxygen atoms in total. The lowest BCUT2D eigenvalue weighted by Gasteiger charge is -2.21. The molecule has 0 saturated carbocycles. The number of esters is 2. The minimum Gasteiger partial charge on any atom is -0.460 e. The van der Waals surface area contributed by atoms with E-state index in [0.717, 1.165) is 12.3 Å². The molecule has 2 N–H and O–H groups in total. The molecule has 2 rings (SSSR count). The van der Waals surface area contributed by atoms with Crippen molar-refractivity contribution < 1.29 is 47.2 Å². The number of carbonyl (C=O) groups is 3. The first-order valence-corrected chi connectivity index (χ1v) is 9.90. The van der Waals surface area contributed by atoms with E-state index in [1.165, 1.54) is 6.92 Å². The lowest BCUT2D eigenvalue weighted by molar-refractivity contribution is -0.161. The second-order valence-corrected chi connectivity index (χ2v) is 8.32. The maximum atomic E-state index is 14.6. The number of hydrogen-bond acceptors (Lipinski definition) is 10. The Balaban J connectivity index is 2.05. The van der Waals surface area contributed by atoms with E-state index in [0.29, 0.717) is 4.57 Å². The molecule has 0 spiro atoms. The van der Waals surface area contributed by atoms with Crippen LogP contribution in [0.2, 0.25) is 0 Å². The van der Waals surface area contributed by atoms with Crippen molar-refractivity contribution in [1.29, 1.82) is 0 Å². The van der Waals surface area contributed by atoms with Crippen molar-refractivity contribution in [2.45, 2.75) is 57.7 Å². The van der Waals surface area contributed by atoms with E-state index in [1.54, 1.807) is 20.8 Å². The Morgan fingerprint density at radius 1 is 1.32 bits per heavy atom. The van der Waals surface area contributed by atoms with Crippen LogP contribution in [0.3, 0.4) is 0 Å². The Bertz CT molecular complexity index is 1020. The van der Waals surface area contributed by atoms with Gasteiger partial charge in [-0.1, -0.05) is 6.58 Å². The van der Waals surface area contributed by atoms with Crippen LogP contribution >= 0.6 is 0 Å². The van der Waals surface area contributed by atoms with E-state index in [4.69, 9.17) is 14.2 Å². The molecule has 0 bridgehead atoms. The number of halogens is 2. The first-order chi connectivity index (χ1) is 15.6. The van der Waals surface area contributed by atoms with Gasteiger partial charge in [0.05, 0.1) is 0 Å². The number of ether oxygens (including phenoxy) is 4. The Labute approximate surface area is 192 Å². The molecule has 14 heteroatoms. The van der Waals surface area contributed by atoms with Crippen LogP contribution in [0.5, 0.6) is 0 Å². The summed E-state index contributed by atoms with van der Waals surface area (Å²) in [5.41, 5.74) is -1.99. The van der Waals surface area contributed by atoms with Crippen LogP contribution in [0.4, 0.5) is 19.4 Å². The second-order valence-electron chi connectivity index (χ2n) is 8.32. The van der Waals surface area contributed by atoms with Crippen LogP contribution in [0.25, 0.3) is 0 Å². The van der Waals surface area contributed by atoms with Gasteiger partial charge in [0.2, 0.25) is 6.23 Å². The molecule has 0 aromatic carbocycles. The summed E-state index contributed by atoms with van der Waals surface area (Å²) in [4.78, 5) is 50.5. The second kappa shape index (κ2) is 10.3.